The second-order valence-electron chi connectivity index (χ2n) is 22.9. The van der Waals surface area contributed by atoms with Gasteiger partial charge in [0.15, 0.2) is 17.7 Å². The van der Waals surface area contributed by atoms with Crippen LogP contribution in [0.1, 0.15) is 166 Å². The number of aromatic hydroxyl groups is 1. The van der Waals surface area contributed by atoms with Crippen molar-refractivity contribution in [3.05, 3.63) is 100 Å². The van der Waals surface area contributed by atoms with Crippen molar-refractivity contribution in [2.75, 3.05) is 6.54 Å². The average molecular weight is 943 g/mol. The number of rotatable bonds is 6. The number of carbonyl (C=O) groups is 1. The van der Waals surface area contributed by atoms with Gasteiger partial charge in [-0.2, -0.15) is 0 Å². The van der Waals surface area contributed by atoms with Crippen LogP contribution in [0.5, 0.6) is 17.2 Å². The Kier molecular flexibility index (Phi) is 11.0. The number of allylic oxidation sites excluding steroid dienone is 3. The molecule has 5 heterocycles. The number of phenolic OH excluding ortho intramolecular Hbond substituents is 1. The number of nitrogens with two attached hydrogens (primary N) is 1. The minimum absolute atomic E-state index is 0.0150. The molecule has 2 spiro atoms. The number of benzene rings is 2. The highest BCUT2D eigenvalue weighted by Gasteiger charge is 2.53. The number of aromatic nitrogens is 2. The van der Waals surface area contributed by atoms with Crippen LogP contribution in [0.3, 0.4) is 0 Å². The lowest BCUT2D eigenvalue weighted by Crippen LogP contribution is -2.45. The summed E-state index contributed by atoms with van der Waals surface area (Å²) in [6.07, 6.45) is 27.1. The number of aliphatic hydroxyl groups is 3. The van der Waals surface area contributed by atoms with E-state index in [-0.39, 0.29) is 54.0 Å². The first-order valence-corrected chi connectivity index (χ1v) is 26.6. The molecule has 3 aliphatic heterocycles. The van der Waals surface area contributed by atoms with Gasteiger partial charge in [0.2, 0.25) is 0 Å². The van der Waals surface area contributed by atoms with Gasteiger partial charge >= 0.3 is 0 Å². The van der Waals surface area contributed by atoms with Crippen molar-refractivity contribution in [2.24, 2.45) is 46.2 Å². The van der Waals surface area contributed by atoms with E-state index >= 15 is 0 Å². The Hall–Kier alpha value is -5.27. The van der Waals surface area contributed by atoms with Crippen LogP contribution in [0.15, 0.2) is 66.7 Å². The molecule has 11 nitrogen and oxygen atoms in total. The van der Waals surface area contributed by atoms with Crippen LogP contribution >= 0.6 is 0 Å². The fraction of sp³-hybridized carbons (Fsp3) is 0.542. The number of hydrogen-bond acceptors (Lipinski definition) is 9. The summed E-state index contributed by atoms with van der Waals surface area (Å²) in [5.74, 6) is 11.8. The molecule has 70 heavy (non-hydrogen) atoms. The first-order chi connectivity index (χ1) is 34.1. The zero-order chi connectivity index (χ0) is 47.5. The first-order valence-electron chi connectivity index (χ1n) is 26.6. The van der Waals surface area contributed by atoms with Crippen molar-refractivity contribution in [3.8, 4) is 41.1 Å². The molecule has 6 aliphatic carbocycles. The number of aryl methyl sites for hydroxylation is 1. The SMILES string of the molecule is NC1NCC2CC3(CCCC3)C3c4c(ccc1c42)C(O)C#CC1C(Oc2cc(CCC(=O)CC(O)C4C=C5C=CC6CCCCC6C5CC4O)c(O)cc2OC#CC12CCCC2)n1cc2[nH]cc3c2c1. The van der Waals surface area contributed by atoms with Crippen molar-refractivity contribution in [2.45, 2.75) is 152 Å². The normalized spacial score (nSPS) is 33.1. The van der Waals surface area contributed by atoms with Crippen molar-refractivity contribution in [3.63, 3.8) is 0 Å². The van der Waals surface area contributed by atoms with Crippen LogP contribution in [0.25, 0.3) is 10.9 Å². The third kappa shape index (κ3) is 7.24. The van der Waals surface area contributed by atoms with E-state index in [9.17, 15) is 25.2 Å². The van der Waals surface area contributed by atoms with E-state index in [1.54, 1.807) is 6.07 Å². The minimum atomic E-state index is -1.07. The Bertz CT molecular complexity index is 2950. The lowest BCUT2D eigenvalue weighted by atomic mass is 9.55. The predicted molar refractivity (Wildman–Crippen MR) is 265 cm³/mol. The summed E-state index contributed by atoms with van der Waals surface area (Å²) in [6, 6.07) is 7.47. The topological polar surface area (TPSA) is 175 Å². The third-order valence-electron chi connectivity index (χ3n) is 19.1. The highest BCUT2D eigenvalue weighted by atomic mass is 16.5. The smallest absolute Gasteiger partial charge is 0.191 e. The molecular formula is C59H66N4O7. The maximum Gasteiger partial charge on any atom is 0.191 e. The number of phenols is 1. The molecule has 9 aliphatic rings. The van der Waals surface area contributed by atoms with Crippen LogP contribution in [0.2, 0.25) is 0 Å². The van der Waals surface area contributed by atoms with Gasteiger partial charge in [0.1, 0.15) is 23.7 Å². The second kappa shape index (κ2) is 17.2. The highest BCUT2D eigenvalue weighted by Crippen LogP contribution is 2.64. The van der Waals surface area contributed by atoms with Crippen LogP contribution in [0, 0.1) is 64.3 Å². The number of hydrogen-bond donors (Lipinski definition) is 7. The molecular weight excluding hydrogens is 877 g/mol. The van der Waals surface area contributed by atoms with E-state index in [1.807, 2.05) is 6.08 Å². The summed E-state index contributed by atoms with van der Waals surface area (Å²) in [5.41, 5.74) is 14.6. The molecule has 2 aromatic heterocycles. The maximum atomic E-state index is 13.7. The summed E-state index contributed by atoms with van der Waals surface area (Å²) < 4.78 is 15.6. The first kappa shape index (κ1) is 44.7. The quantitative estimate of drug-likeness (QED) is 0.0931. The molecule has 364 valence electrons. The molecule has 3 saturated carbocycles. The Morgan fingerprint density at radius 3 is 2.63 bits per heavy atom. The van der Waals surface area contributed by atoms with Gasteiger partial charge in [0.25, 0.3) is 0 Å². The number of nitrogens with zero attached hydrogens (tertiary/aromatic N) is 1. The average Bonchev–Trinajstić information content (AvgIpc) is 4.19. The summed E-state index contributed by atoms with van der Waals surface area (Å²) in [7, 11) is 0. The number of Topliss-reactive ketones (excluding diaryl/α,β-unsaturated/α-hetero) is 1. The van der Waals surface area contributed by atoms with E-state index in [4.69, 9.17) is 15.2 Å². The van der Waals surface area contributed by atoms with Gasteiger partial charge in [-0.15, -0.1) is 0 Å². The van der Waals surface area contributed by atoms with Crippen molar-refractivity contribution in [1.82, 2.24) is 14.9 Å². The number of nitrogens with one attached hydrogen (secondary N) is 2. The van der Waals surface area contributed by atoms with Crippen LogP contribution in [0.4, 0.5) is 0 Å². The van der Waals surface area contributed by atoms with Gasteiger partial charge in [-0.1, -0.05) is 86.6 Å². The van der Waals surface area contributed by atoms with Crippen molar-refractivity contribution >= 4 is 16.7 Å². The van der Waals surface area contributed by atoms with Crippen molar-refractivity contribution in [1.29, 1.82) is 0 Å². The minimum Gasteiger partial charge on any atom is -0.508 e. The number of aliphatic hydroxyl groups excluding tert-OH is 3. The maximum absolute atomic E-state index is 13.7. The number of ether oxygens (including phenoxy) is 2. The molecule has 0 amide bonds. The Labute approximate surface area is 410 Å². The number of ketones is 1. The van der Waals surface area contributed by atoms with E-state index in [1.165, 1.54) is 66.9 Å². The fourth-order valence-electron chi connectivity index (χ4n) is 15.7. The second-order valence-corrected chi connectivity index (χ2v) is 22.9. The number of aromatic amines is 1. The Morgan fingerprint density at radius 2 is 1.77 bits per heavy atom. The van der Waals surface area contributed by atoms with Gasteiger partial charge in [-0.25, -0.2) is 0 Å². The van der Waals surface area contributed by atoms with Gasteiger partial charge in [0, 0.05) is 61.3 Å². The van der Waals surface area contributed by atoms with Gasteiger partial charge in [-0.3, -0.25) is 10.1 Å². The zero-order valence-corrected chi connectivity index (χ0v) is 40.0. The molecule has 13 rings (SSSR count). The van der Waals surface area contributed by atoms with Crippen LogP contribution < -0.4 is 20.5 Å². The third-order valence-corrected chi connectivity index (χ3v) is 19.1. The molecule has 8 N–H and O–H groups in total. The molecule has 12 atom stereocenters. The molecule has 2 bridgehead atoms. The summed E-state index contributed by atoms with van der Waals surface area (Å²) in [6.45, 7) is 0.813. The van der Waals surface area contributed by atoms with E-state index < -0.39 is 41.8 Å². The fourth-order valence-corrected chi connectivity index (χ4v) is 15.7. The van der Waals surface area contributed by atoms with Gasteiger partial charge < -0.3 is 45.2 Å². The molecule has 0 radical (unpaired) electrons. The lowest BCUT2D eigenvalue weighted by Gasteiger charge is -2.50. The van der Waals surface area contributed by atoms with Crippen molar-refractivity contribution < 1.29 is 34.7 Å². The van der Waals surface area contributed by atoms with E-state index in [2.05, 4.69) is 81.6 Å². The molecule has 3 fully saturated rings. The number of H-pyrrole nitrogens is 1. The summed E-state index contributed by atoms with van der Waals surface area (Å²) >= 11 is 0. The molecule has 0 saturated heterocycles. The standard InChI is InChI=1S/C59H66N4O7/c60-56-40-14-13-39-47(65)16-15-45-57(63-31-44-43(30-61-46(44)32-63)55-54(39)53(40)36(29-62-56)28-59(55)19-5-6-20-59)70-52-24-35(48(66)27-51(52)69-22-21-58(45)17-3-4-18-58)11-12-37(64)25-49(67)42-23-34-10-9-33-7-1-2-8-38(33)41(34)26-50(42)68/h9-10,13-14,23-24,27,30-33,36,38,41-42,45,47,49-50,55-57,61-62,65-68H,1-8,11-12,17-20,25-26,28-29,60H2. The molecule has 4 aromatic rings. The van der Waals surface area contributed by atoms with Gasteiger partial charge in [0.05, 0.1) is 35.2 Å². The number of fused-ring (bicyclic) bond motifs is 10. The van der Waals surface area contributed by atoms with Gasteiger partial charge in [-0.05, 0) is 132 Å². The monoisotopic (exact) mass is 942 g/mol. The molecule has 12 unspecified atom stereocenters. The lowest BCUT2D eigenvalue weighted by molar-refractivity contribution is -0.122. The van der Waals surface area contributed by atoms with Crippen LogP contribution in [-0.4, -0.2) is 54.5 Å². The highest BCUT2D eigenvalue weighted by molar-refractivity contribution is 5.85. The van der Waals surface area contributed by atoms with Crippen LogP contribution in [-0.2, 0) is 11.2 Å². The van der Waals surface area contributed by atoms with E-state index in [0.29, 0.717) is 41.4 Å². The largest absolute Gasteiger partial charge is 0.508 e. The predicted octanol–water partition coefficient (Wildman–Crippen LogP) is 9.13. The Morgan fingerprint density at radius 1 is 0.957 bits per heavy atom. The zero-order valence-electron chi connectivity index (χ0n) is 40.0. The van der Waals surface area contributed by atoms with E-state index in [0.717, 1.165) is 73.5 Å². The Balaban J connectivity index is 0.840. The summed E-state index contributed by atoms with van der Waals surface area (Å²) in [4.78, 5) is 17.4. The number of carbonyl (C=O) groups excluding carboxylic acids is 1. The summed E-state index contributed by atoms with van der Waals surface area (Å²) in [5, 5.41) is 51.5. The molecule has 2 aromatic carbocycles. The molecule has 11 heteroatoms.